The van der Waals surface area contributed by atoms with Gasteiger partial charge >= 0.3 is 5.97 Å². The van der Waals surface area contributed by atoms with E-state index in [2.05, 4.69) is 101 Å². The fourth-order valence-electron chi connectivity index (χ4n) is 4.36. The summed E-state index contributed by atoms with van der Waals surface area (Å²) >= 11 is 0. The van der Waals surface area contributed by atoms with E-state index >= 15 is 0 Å². The molecule has 6 rings (SSSR count). The van der Waals surface area contributed by atoms with Crippen molar-refractivity contribution in [2.24, 2.45) is 7.05 Å². The first-order valence-electron chi connectivity index (χ1n) is 9.81. The Morgan fingerprint density at radius 1 is 0.871 bits per heavy atom. The molecule has 0 saturated heterocycles. The molecular weight excluding hydrogens is 565 g/mol. The molecule has 0 spiro atoms. The SMILES string of the molecule is CC(O)=[OH+].Cn1[cH+]n(-c2[c-]cc3c4c(cccc24)-c2ccccc2-3)c2ccccc21.[Ir]. The molecule has 5 heteroatoms. The zero-order valence-electron chi connectivity index (χ0n) is 17.1. The number of carboxylic acid groups (broad SMARTS) is 1. The van der Waals surface area contributed by atoms with Gasteiger partial charge in [0.05, 0.1) is 6.92 Å². The van der Waals surface area contributed by atoms with Crippen molar-refractivity contribution in [3.05, 3.63) is 85.2 Å². The van der Waals surface area contributed by atoms with E-state index in [1.54, 1.807) is 0 Å². The van der Waals surface area contributed by atoms with Crippen LogP contribution in [-0.2, 0) is 27.2 Å². The van der Waals surface area contributed by atoms with E-state index in [0.717, 1.165) is 5.69 Å². The van der Waals surface area contributed by atoms with Crippen molar-refractivity contribution in [1.82, 2.24) is 9.13 Å². The zero-order chi connectivity index (χ0) is 20.8. The number of imidazole rings is 1. The number of benzene rings is 4. The number of aliphatic hydroxyl groups excluding tert-OH is 1. The van der Waals surface area contributed by atoms with Gasteiger partial charge < -0.3 is 9.90 Å². The number of hydrogen-bond donors (Lipinski definition) is 1. The Morgan fingerprint density at radius 2 is 1.45 bits per heavy atom. The van der Waals surface area contributed by atoms with E-state index in [9.17, 15) is 0 Å². The van der Waals surface area contributed by atoms with Gasteiger partial charge in [-0.3, -0.25) is 0 Å². The monoisotopic (exact) mass is 586 g/mol. The third kappa shape index (κ3) is 3.36. The van der Waals surface area contributed by atoms with Crippen molar-refractivity contribution >= 4 is 27.8 Å². The molecule has 0 amide bonds. The van der Waals surface area contributed by atoms with Crippen LogP contribution in [0.25, 0.3) is 49.7 Å². The molecule has 1 aliphatic carbocycles. The predicted molar refractivity (Wildman–Crippen MR) is 123 cm³/mol. The van der Waals surface area contributed by atoms with Gasteiger partial charge in [0, 0.05) is 45.0 Å². The van der Waals surface area contributed by atoms with Crippen molar-refractivity contribution in [2.75, 3.05) is 0 Å². The molecule has 4 aromatic carbocycles. The number of nitrogens with zero attached hydrogens (tertiary/aromatic N) is 2. The van der Waals surface area contributed by atoms with Gasteiger partial charge in [-0.05, 0) is 23.3 Å². The van der Waals surface area contributed by atoms with Crippen molar-refractivity contribution in [3.8, 4) is 27.9 Å². The number of para-hydroxylation sites is 2. The summed E-state index contributed by atoms with van der Waals surface area (Å²) in [5.74, 6) is -0.583. The van der Waals surface area contributed by atoms with Crippen molar-refractivity contribution < 1.29 is 30.0 Å². The third-order valence-electron chi connectivity index (χ3n) is 5.50. The Balaban J connectivity index is 0.000000429. The second kappa shape index (κ2) is 8.10. The maximum atomic E-state index is 7.53. The van der Waals surface area contributed by atoms with Crippen LogP contribution in [-0.4, -0.2) is 25.0 Å². The predicted octanol–water partition coefficient (Wildman–Crippen LogP) is 5.92. The molecule has 0 atom stereocenters. The van der Waals surface area contributed by atoms with Crippen LogP contribution in [0.2, 0.25) is 0 Å². The minimum atomic E-state index is -0.583. The van der Waals surface area contributed by atoms with Gasteiger partial charge in [-0.1, -0.05) is 53.4 Å². The first-order chi connectivity index (χ1) is 14.6. The van der Waals surface area contributed by atoms with E-state index in [1.165, 1.54) is 51.0 Å². The van der Waals surface area contributed by atoms with Gasteiger partial charge in [0.2, 0.25) is 0 Å². The van der Waals surface area contributed by atoms with Crippen LogP contribution < -0.4 is 0 Å². The molecule has 0 aliphatic heterocycles. The van der Waals surface area contributed by atoms with E-state index < -0.39 is 5.97 Å². The Hall–Kier alpha value is -3.27. The molecule has 0 bridgehead atoms. The van der Waals surface area contributed by atoms with Crippen LogP contribution in [0.3, 0.4) is 0 Å². The van der Waals surface area contributed by atoms with Crippen LogP contribution in [0.1, 0.15) is 6.92 Å². The fourth-order valence-corrected chi connectivity index (χ4v) is 4.36. The van der Waals surface area contributed by atoms with Crippen LogP contribution in [0.15, 0.2) is 79.1 Å². The number of aliphatic carboxylic acids is 1. The number of carboxylic acids is 1. The maximum Gasteiger partial charge on any atom is 0.477 e. The Labute approximate surface area is 193 Å². The summed E-state index contributed by atoms with van der Waals surface area (Å²) in [6.45, 7) is 1.19. The van der Waals surface area contributed by atoms with Crippen molar-refractivity contribution in [2.45, 2.75) is 6.92 Å². The largest absolute Gasteiger partial charge is 0.477 e. The number of rotatable bonds is 1. The summed E-state index contributed by atoms with van der Waals surface area (Å²) in [6.07, 6.45) is 2.15. The molecule has 1 heterocycles. The average Bonchev–Trinajstić information content (AvgIpc) is 3.26. The molecule has 155 valence electrons. The molecule has 0 saturated carbocycles. The average molecular weight is 586 g/mol. The topological polar surface area (TPSA) is 51.5 Å². The van der Waals surface area contributed by atoms with Gasteiger partial charge in [0.15, 0.2) is 17.4 Å². The minimum absolute atomic E-state index is 0. The first-order valence-corrected chi connectivity index (χ1v) is 9.81. The van der Waals surface area contributed by atoms with E-state index in [1.807, 2.05) is 0 Å². The third-order valence-corrected chi connectivity index (χ3v) is 5.50. The van der Waals surface area contributed by atoms with E-state index in [4.69, 9.17) is 9.90 Å². The van der Waals surface area contributed by atoms with E-state index in [0.29, 0.717) is 0 Å². The quantitative estimate of drug-likeness (QED) is 0.189. The normalized spacial score (nSPS) is 10.9. The molecule has 1 aromatic heterocycles. The fraction of sp³-hybridized carbons (Fsp3) is 0.0769. The summed E-state index contributed by atoms with van der Waals surface area (Å²) in [5, 5.41) is 10.1. The van der Waals surface area contributed by atoms with Gasteiger partial charge in [0.1, 0.15) is 0 Å². The molecule has 2 N–H and O–H groups in total. The van der Waals surface area contributed by atoms with E-state index in [-0.39, 0.29) is 20.1 Å². The summed E-state index contributed by atoms with van der Waals surface area (Å²) in [4.78, 5) is 7.53. The number of hydrogen-bond acceptors (Lipinski definition) is 0. The van der Waals surface area contributed by atoms with Crippen molar-refractivity contribution in [1.29, 1.82) is 0 Å². The van der Waals surface area contributed by atoms with Crippen LogP contribution in [0.5, 0.6) is 0 Å². The molecule has 31 heavy (non-hydrogen) atoms. The molecule has 1 aliphatic rings. The van der Waals surface area contributed by atoms with Gasteiger partial charge in [-0.15, -0.1) is 17.0 Å². The molecule has 0 fully saturated rings. The number of aryl methyl sites for hydroxylation is 1. The molecule has 0 unspecified atom stereocenters. The zero-order valence-corrected chi connectivity index (χ0v) is 19.5. The Morgan fingerprint density at radius 3 is 2.16 bits per heavy atom. The second-order valence-corrected chi connectivity index (χ2v) is 7.46. The van der Waals surface area contributed by atoms with Gasteiger partial charge in [0.25, 0.3) is 0 Å². The van der Waals surface area contributed by atoms with Crippen LogP contribution >= 0.6 is 0 Å². The first kappa shape index (κ1) is 21.0. The van der Waals surface area contributed by atoms with Crippen LogP contribution in [0, 0.1) is 6.07 Å². The standard InChI is InChI=1S/C24H16N2.C2H4O2.Ir/c1-25-15-26(23-12-5-4-11-22(23)25)21-14-13-19-17-8-3-2-7-16(17)18-9-6-10-20(21)24(18)19;1-2(3)4;/h2-13,15H,1H3;1H3,(H,3,4);/p+1. The Kier molecular flexibility index (Phi) is 5.48. The number of aromatic nitrogens is 2. The van der Waals surface area contributed by atoms with Crippen molar-refractivity contribution in [3.63, 3.8) is 0 Å². The summed E-state index contributed by atoms with van der Waals surface area (Å²) in [5.41, 5.74) is 8.76. The Bertz CT molecular complexity index is 1420. The van der Waals surface area contributed by atoms with Gasteiger partial charge in [-0.25, -0.2) is 4.57 Å². The second-order valence-electron chi connectivity index (χ2n) is 7.46. The smallest absolute Gasteiger partial charge is 0.339 e. The summed E-state index contributed by atoms with van der Waals surface area (Å²) in [7, 11) is 2.09. The van der Waals surface area contributed by atoms with Gasteiger partial charge in [-0.2, -0.15) is 10.6 Å². The maximum absolute atomic E-state index is 7.53. The molecular formula is C26H21IrN2O2+. The summed E-state index contributed by atoms with van der Waals surface area (Å²) in [6, 6.07) is 29.5. The summed E-state index contributed by atoms with van der Waals surface area (Å²) < 4.78 is 4.42. The number of fused-ring (bicyclic) bond motifs is 4. The molecule has 4 nitrogen and oxygen atoms in total. The minimum Gasteiger partial charge on any atom is -0.339 e. The molecule has 5 aromatic rings. The molecule has 1 radical (unpaired) electrons. The van der Waals surface area contributed by atoms with Crippen LogP contribution in [0.4, 0.5) is 0 Å².